The fourth-order valence-corrected chi connectivity index (χ4v) is 2.05. The Balaban J connectivity index is 5.07. The van der Waals surface area contributed by atoms with Crippen molar-refractivity contribution in [2.24, 2.45) is 0 Å². The van der Waals surface area contributed by atoms with Crippen LogP contribution in [-0.4, -0.2) is 30.5 Å². The van der Waals surface area contributed by atoms with E-state index in [0.717, 1.165) is 27.7 Å². The van der Waals surface area contributed by atoms with Crippen molar-refractivity contribution in [1.29, 1.82) is 0 Å². The molecule has 0 aliphatic carbocycles. The fraction of sp³-hybridized carbons (Fsp3) is 1.00. The first-order valence-corrected chi connectivity index (χ1v) is 7.21. The molecule has 0 spiro atoms. The van der Waals surface area contributed by atoms with E-state index in [2.05, 4.69) is 4.52 Å². The average Bonchev–Trinajstić information content (AvgIpc) is 1.77. The first-order valence-electron chi connectivity index (χ1n) is 4.02. The van der Waals surface area contributed by atoms with Gasteiger partial charge in [-0.05, 0) is 27.7 Å². The van der Waals surface area contributed by atoms with E-state index in [1.165, 1.54) is 0 Å². The summed E-state index contributed by atoms with van der Waals surface area (Å²) in [4.78, 5) is 27.0. The summed E-state index contributed by atoms with van der Waals surface area (Å²) in [5.41, 5.74) is 0. The van der Waals surface area contributed by atoms with E-state index in [4.69, 9.17) is 9.79 Å². The molecule has 9 heteroatoms. The van der Waals surface area contributed by atoms with Crippen LogP contribution in [-0.2, 0) is 13.7 Å². The lowest BCUT2D eigenvalue weighted by Gasteiger charge is -2.32. The SMILES string of the molecule is CC(C)(OP(=O)(O)C(C)(C)O)P(=O)(O)O. The summed E-state index contributed by atoms with van der Waals surface area (Å²) in [6.45, 7) is 3.98. The maximum Gasteiger partial charge on any atom is 0.359 e. The second kappa shape index (κ2) is 3.93. The van der Waals surface area contributed by atoms with Crippen molar-refractivity contribution in [2.75, 3.05) is 0 Å². The summed E-state index contributed by atoms with van der Waals surface area (Å²) < 4.78 is 26.8. The van der Waals surface area contributed by atoms with Crippen molar-refractivity contribution in [1.82, 2.24) is 0 Å². The molecule has 0 saturated carbocycles. The first kappa shape index (κ1) is 15.3. The maximum atomic E-state index is 11.4. The van der Waals surface area contributed by atoms with Crippen molar-refractivity contribution < 1.29 is 33.4 Å². The minimum Gasteiger partial charge on any atom is -0.378 e. The Morgan fingerprint density at radius 1 is 1.00 bits per heavy atom. The molecule has 0 aromatic carbocycles. The quantitative estimate of drug-likeness (QED) is 0.553. The van der Waals surface area contributed by atoms with Crippen LogP contribution in [0.5, 0.6) is 0 Å². The normalized spacial score (nSPS) is 18.7. The van der Waals surface area contributed by atoms with Gasteiger partial charge in [-0.1, -0.05) is 0 Å². The zero-order chi connectivity index (χ0) is 12.7. The van der Waals surface area contributed by atoms with E-state index in [-0.39, 0.29) is 0 Å². The first-order chi connectivity index (χ1) is 6.21. The topological polar surface area (TPSA) is 124 Å². The Labute approximate surface area is 87.8 Å². The monoisotopic (exact) mass is 262 g/mol. The van der Waals surface area contributed by atoms with Crippen LogP contribution >= 0.6 is 15.2 Å². The van der Waals surface area contributed by atoms with Crippen LogP contribution < -0.4 is 0 Å². The summed E-state index contributed by atoms with van der Waals surface area (Å²) in [5, 5.41) is 5.07. The third-order valence-corrected chi connectivity index (χ3v) is 5.47. The number of aliphatic hydroxyl groups is 1. The van der Waals surface area contributed by atoms with Crippen LogP contribution in [0.3, 0.4) is 0 Å². The number of hydrogen-bond acceptors (Lipinski definition) is 4. The average molecular weight is 262 g/mol. The van der Waals surface area contributed by atoms with Gasteiger partial charge in [-0.2, -0.15) is 0 Å². The van der Waals surface area contributed by atoms with Gasteiger partial charge in [-0.15, -0.1) is 0 Å². The lowest BCUT2D eigenvalue weighted by Crippen LogP contribution is -2.29. The zero-order valence-corrected chi connectivity index (χ0v) is 10.7. The summed E-state index contributed by atoms with van der Waals surface area (Å²) in [6.07, 6.45) is 0. The molecule has 1 atom stereocenters. The highest BCUT2D eigenvalue weighted by molar-refractivity contribution is 7.57. The van der Waals surface area contributed by atoms with E-state index < -0.39 is 25.9 Å². The molecule has 15 heavy (non-hydrogen) atoms. The molecule has 0 aromatic rings. The summed E-state index contributed by atoms with van der Waals surface area (Å²) in [6, 6.07) is 0. The van der Waals surface area contributed by atoms with Gasteiger partial charge in [0.25, 0.3) is 0 Å². The molecule has 0 radical (unpaired) electrons. The van der Waals surface area contributed by atoms with Gasteiger partial charge < -0.3 is 19.8 Å². The van der Waals surface area contributed by atoms with E-state index in [0.29, 0.717) is 0 Å². The Morgan fingerprint density at radius 2 is 1.33 bits per heavy atom. The van der Waals surface area contributed by atoms with Crippen molar-refractivity contribution in [3.05, 3.63) is 0 Å². The summed E-state index contributed by atoms with van der Waals surface area (Å²) in [7, 11) is -9.23. The van der Waals surface area contributed by atoms with Crippen molar-refractivity contribution in [3.63, 3.8) is 0 Å². The molecule has 0 amide bonds. The van der Waals surface area contributed by atoms with E-state index in [1.54, 1.807) is 0 Å². The number of rotatable bonds is 4. The third kappa shape index (κ3) is 3.64. The van der Waals surface area contributed by atoms with Gasteiger partial charge in [0.2, 0.25) is 0 Å². The van der Waals surface area contributed by atoms with Crippen LogP contribution in [0.15, 0.2) is 0 Å². The third-order valence-electron chi connectivity index (χ3n) is 1.74. The highest BCUT2D eigenvalue weighted by Crippen LogP contribution is 2.63. The molecule has 0 rings (SSSR count). The molecule has 92 valence electrons. The van der Waals surface area contributed by atoms with Crippen LogP contribution in [0.1, 0.15) is 27.7 Å². The Morgan fingerprint density at radius 3 is 1.53 bits per heavy atom. The van der Waals surface area contributed by atoms with Gasteiger partial charge in [0.05, 0.1) is 0 Å². The predicted octanol–water partition coefficient (Wildman–Crippen LogP) is 0.831. The molecule has 1 unspecified atom stereocenters. The molecular formula is C6H16O7P2. The summed E-state index contributed by atoms with van der Waals surface area (Å²) >= 11 is 0. The molecule has 0 bridgehead atoms. The molecule has 0 aliphatic heterocycles. The van der Waals surface area contributed by atoms with Crippen LogP contribution in [0.2, 0.25) is 0 Å². The number of hydrogen-bond donors (Lipinski definition) is 4. The second-order valence-electron chi connectivity index (χ2n) is 4.10. The van der Waals surface area contributed by atoms with Gasteiger partial charge in [0, 0.05) is 0 Å². The van der Waals surface area contributed by atoms with Crippen molar-refractivity contribution >= 4 is 15.2 Å². The lowest BCUT2D eigenvalue weighted by molar-refractivity contribution is 0.0720. The lowest BCUT2D eigenvalue weighted by atomic mass is 10.5. The largest absolute Gasteiger partial charge is 0.378 e. The summed E-state index contributed by atoms with van der Waals surface area (Å²) in [5.74, 6) is 0. The molecule has 4 N–H and O–H groups in total. The highest BCUT2D eigenvalue weighted by Gasteiger charge is 2.49. The molecule has 0 fully saturated rings. The highest BCUT2D eigenvalue weighted by atomic mass is 31.2. The standard InChI is InChI=1S/C6H16O7P2/c1-5(2,7)15(11,12)13-6(3,4)14(8,9)10/h7H,1-4H3,(H,11,12)(H2,8,9,10). The van der Waals surface area contributed by atoms with E-state index in [9.17, 15) is 19.1 Å². The van der Waals surface area contributed by atoms with Crippen LogP contribution in [0.25, 0.3) is 0 Å². The van der Waals surface area contributed by atoms with Gasteiger partial charge in [0.15, 0.2) is 10.7 Å². The molecule has 0 saturated heterocycles. The van der Waals surface area contributed by atoms with E-state index >= 15 is 0 Å². The second-order valence-corrected chi connectivity index (χ2v) is 8.58. The van der Waals surface area contributed by atoms with Gasteiger partial charge in [0.1, 0.15) is 0 Å². The minimum absolute atomic E-state index is 0.975. The van der Waals surface area contributed by atoms with E-state index in [1.807, 2.05) is 0 Å². The zero-order valence-electron chi connectivity index (χ0n) is 8.91. The van der Waals surface area contributed by atoms with Crippen LogP contribution in [0, 0.1) is 0 Å². The van der Waals surface area contributed by atoms with Crippen LogP contribution in [0.4, 0.5) is 0 Å². The van der Waals surface area contributed by atoms with Gasteiger partial charge in [-0.3, -0.25) is 13.7 Å². The molecular weight excluding hydrogens is 246 g/mol. The predicted molar refractivity (Wildman–Crippen MR) is 53.3 cm³/mol. The Kier molecular flexibility index (Phi) is 4.00. The maximum absolute atomic E-state index is 11.4. The molecule has 0 heterocycles. The molecule has 0 aliphatic rings. The van der Waals surface area contributed by atoms with Crippen molar-refractivity contribution in [2.45, 2.75) is 38.4 Å². The Bertz CT molecular complexity index is 323. The van der Waals surface area contributed by atoms with Gasteiger partial charge in [-0.25, -0.2) is 0 Å². The molecule has 7 nitrogen and oxygen atoms in total. The van der Waals surface area contributed by atoms with Gasteiger partial charge >= 0.3 is 15.2 Å². The fourth-order valence-electron chi connectivity index (χ4n) is 0.468. The molecule has 0 aromatic heterocycles. The Hall–Kier alpha value is 0.260. The van der Waals surface area contributed by atoms with Crippen molar-refractivity contribution in [3.8, 4) is 0 Å². The smallest absolute Gasteiger partial charge is 0.359 e. The minimum atomic E-state index is -4.70.